The second kappa shape index (κ2) is 6.86. The van der Waals surface area contributed by atoms with E-state index in [0.717, 1.165) is 19.4 Å². The molecule has 1 aliphatic heterocycles. The first kappa shape index (κ1) is 14.3. The molecule has 1 fully saturated rings. The van der Waals surface area contributed by atoms with Crippen LogP contribution in [0.25, 0.3) is 0 Å². The van der Waals surface area contributed by atoms with E-state index in [9.17, 15) is 13.6 Å². The molecule has 0 aliphatic carbocycles. The van der Waals surface area contributed by atoms with Crippen molar-refractivity contribution in [1.29, 1.82) is 0 Å². The van der Waals surface area contributed by atoms with Crippen LogP contribution in [0.1, 0.15) is 26.2 Å². The van der Waals surface area contributed by atoms with Gasteiger partial charge in [-0.25, -0.2) is 8.78 Å². The highest BCUT2D eigenvalue weighted by Gasteiger charge is 2.27. The van der Waals surface area contributed by atoms with Crippen LogP contribution >= 0.6 is 0 Å². The molecule has 1 heterocycles. The second-order valence-electron chi connectivity index (χ2n) is 4.58. The fraction of sp³-hybridized carbons (Fsp3) is 0.909. The first-order valence-electron chi connectivity index (χ1n) is 5.89. The van der Waals surface area contributed by atoms with Gasteiger partial charge in [0.1, 0.15) is 6.61 Å². The smallest absolute Gasteiger partial charge is 0.261 e. The van der Waals surface area contributed by atoms with E-state index in [4.69, 9.17) is 0 Å². The summed E-state index contributed by atoms with van der Waals surface area (Å²) in [5.74, 6) is -0.158. The lowest BCUT2D eigenvalue weighted by Gasteiger charge is -2.24. The number of rotatable bonds is 7. The highest BCUT2D eigenvalue weighted by Crippen LogP contribution is 2.16. The Hall–Kier alpha value is -0.750. The summed E-state index contributed by atoms with van der Waals surface area (Å²) in [4.78, 5) is 11.4. The minimum absolute atomic E-state index is 0.0283. The molecule has 1 aliphatic rings. The number of alkyl halides is 2. The van der Waals surface area contributed by atoms with Gasteiger partial charge in [-0.3, -0.25) is 4.79 Å². The Kier molecular flexibility index (Phi) is 5.77. The van der Waals surface area contributed by atoms with E-state index in [1.807, 2.05) is 0 Å². The average Bonchev–Trinajstić information content (AvgIpc) is 2.69. The van der Waals surface area contributed by atoms with Gasteiger partial charge in [-0.1, -0.05) is 0 Å². The normalized spacial score (nSPS) is 24.2. The van der Waals surface area contributed by atoms with E-state index < -0.39 is 13.0 Å². The van der Waals surface area contributed by atoms with E-state index in [1.165, 1.54) is 0 Å². The van der Waals surface area contributed by atoms with Crippen molar-refractivity contribution in [2.24, 2.45) is 0 Å². The highest BCUT2D eigenvalue weighted by molar-refractivity contribution is 5.76. The summed E-state index contributed by atoms with van der Waals surface area (Å²) in [5.41, 5.74) is -0.0283. The molecular weight excluding hydrogens is 230 g/mol. The molecule has 0 saturated carbocycles. The average molecular weight is 250 g/mol. The summed E-state index contributed by atoms with van der Waals surface area (Å²) >= 11 is 0. The number of nitrogens with one attached hydrogen (secondary N) is 2. The molecule has 0 aromatic rings. The Bertz CT molecular complexity index is 244. The standard InChI is InChI=1S/C11H20F2N2O2/c1-11(4-2-5-15-11)8-14-10(16)3-6-17-7-9(12)13/h9,15H,2-8H2,1H3,(H,14,16). The molecule has 1 atom stereocenters. The zero-order valence-corrected chi connectivity index (χ0v) is 10.1. The molecule has 100 valence electrons. The third-order valence-corrected chi connectivity index (χ3v) is 2.85. The zero-order chi connectivity index (χ0) is 12.7. The molecule has 1 amide bonds. The lowest BCUT2D eigenvalue weighted by Crippen LogP contribution is -2.47. The van der Waals surface area contributed by atoms with Gasteiger partial charge in [0.2, 0.25) is 5.91 Å². The Morgan fingerprint density at radius 1 is 1.59 bits per heavy atom. The van der Waals surface area contributed by atoms with Crippen LogP contribution in [0.4, 0.5) is 8.78 Å². The molecule has 17 heavy (non-hydrogen) atoms. The lowest BCUT2D eigenvalue weighted by atomic mass is 10.0. The summed E-state index contributed by atoms with van der Waals surface area (Å²) in [6.45, 7) is 3.05. The Balaban J connectivity index is 2.05. The van der Waals surface area contributed by atoms with Crippen LogP contribution in [0.15, 0.2) is 0 Å². The zero-order valence-electron chi connectivity index (χ0n) is 10.1. The number of halogens is 2. The van der Waals surface area contributed by atoms with Crippen LogP contribution in [-0.4, -0.2) is 44.2 Å². The molecule has 0 aromatic carbocycles. The molecule has 0 bridgehead atoms. The predicted molar refractivity (Wildman–Crippen MR) is 60.1 cm³/mol. The van der Waals surface area contributed by atoms with E-state index in [-0.39, 0.29) is 24.5 Å². The van der Waals surface area contributed by atoms with Gasteiger partial charge in [-0.2, -0.15) is 0 Å². The maximum absolute atomic E-state index is 11.7. The van der Waals surface area contributed by atoms with Gasteiger partial charge in [0.25, 0.3) is 6.43 Å². The summed E-state index contributed by atoms with van der Waals surface area (Å²) in [7, 11) is 0. The van der Waals surface area contributed by atoms with Crippen molar-refractivity contribution in [1.82, 2.24) is 10.6 Å². The molecule has 2 N–H and O–H groups in total. The molecule has 1 rings (SSSR count). The number of ether oxygens (including phenoxy) is 1. The third kappa shape index (κ3) is 5.93. The minimum atomic E-state index is -2.47. The molecule has 4 nitrogen and oxygen atoms in total. The molecule has 0 radical (unpaired) electrons. The summed E-state index contributed by atoms with van der Waals surface area (Å²) in [5, 5.41) is 6.11. The number of hydrogen-bond donors (Lipinski definition) is 2. The fourth-order valence-electron chi connectivity index (χ4n) is 1.83. The van der Waals surface area contributed by atoms with Gasteiger partial charge < -0.3 is 15.4 Å². The third-order valence-electron chi connectivity index (χ3n) is 2.85. The Labute approximate surface area is 100 Å². The van der Waals surface area contributed by atoms with Gasteiger partial charge in [-0.05, 0) is 26.3 Å². The second-order valence-corrected chi connectivity index (χ2v) is 4.58. The van der Waals surface area contributed by atoms with Crippen LogP contribution in [0.2, 0.25) is 0 Å². The summed E-state index contributed by atoms with van der Waals surface area (Å²) in [6.07, 6.45) is -0.193. The van der Waals surface area contributed by atoms with Gasteiger partial charge in [0.15, 0.2) is 0 Å². The Morgan fingerprint density at radius 3 is 2.94 bits per heavy atom. The SMILES string of the molecule is CC1(CNC(=O)CCOCC(F)F)CCCN1. The minimum Gasteiger partial charge on any atom is -0.375 e. The molecular formula is C11H20F2N2O2. The molecule has 6 heteroatoms. The van der Waals surface area contributed by atoms with Gasteiger partial charge >= 0.3 is 0 Å². The van der Waals surface area contributed by atoms with Crippen LogP contribution in [0, 0.1) is 0 Å². The Morgan fingerprint density at radius 2 is 2.35 bits per heavy atom. The van der Waals surface area contributed by atoms with E-state index in [1.54, 1.807) is 0 Å². The first-order valence-corrected chi connectivity index (χ1v) is 5.89. The van der Waals surface area contributed by atoms with Crippen molar-refractivity contribution >= 4 is 5.91 Å². The van der Waals surface area contributed by atoms with E-state index >= 15 is 0 Å². The maximum atomic E-state index is 11.7. The van der Waals surface area contributed by atoms with Crippen LogP contribution in [-0.2, 0) is 9.53 Å². The van der Waals surface area contributed by atoms with Crippen LogP contribution in [0.3, 0.4) is 0 Å². The van der Waals surface area contributed by atoms with Crippen LogP contribution < -0.4 is 10.6 Å². The monoisotopic (exact) mass is 250 g/mol. The quantitative estimate of drug-likeness (QED) is 0.660. The van der Waals surface area contributed by atoms with Gasteiger partial charge in [0.05, 0.1) is 6.61 Å². The van der Waals surface area contributed by atoms with Crippen molar-refractivity contribution in [3.8, 4) is 0 Å². The maximum Gasteiger partial charge on any atom is 0.261 e. The van der Waals surface area contributed by atoms with Gasteiger partial charge in [-0.15, -0.1) is 0 Å². The van der Waals surface area contributed by atoms with Crippen molar-refractivity contribution in [3.05, 3.63) is 0 Å². The largest absolute Gasteiger partial charge is 0.375 e. The van der Waals surface area contributed by atoms with Crippen LogP contribution in [0.5, 0.6) is 0 Å². The van der Waals surface area contributed by atoms with E-state index in [0.29, 0.717) is 6.54 Å². The van der Waals surface area contributed by atoms with Crippen molar-refractivity contribution in [3.63, 3.8) is 0 Å². The van der Waals surface area contributed by atoms with Crippen molar-refractivity contribution in [2.45, 2.75) is 38.2 Å². The number of carbonyl (C=O) groups is 1. The van der Waals surface area contributed by atoms with Gasteiger partial charge in [0, 0.05) is 18.5 Å². The number of hydrogen-bond acceptors (Lipinski definition) is 3. The van der Waals surface area contributed by atoms with Crippen molar-refractivity contribution < 1.29 is 18.3 Å². The van der Waals surface area contributed by atoms with E-state index in [2.05, 4.69) is 22.3 Å². The molecule has 0 spiro atoms. The molecule has 1 saturated heterocycles. The van der Waals surface area contributed by atoms with Crippen molar-refractivity contribution in [2.75, 3.05) is 26.3 Å². The topological polar surface area (TPSA) is 50.4 Å². The lowest BCUT2D eigenvalue weighted by molar-refractivity contribution is -0.122. The predicted octanol–water partition coefficient (Wildman–Crippen LogP) is 0.916. The highest BCUT2D eigenvalue weighted by atomic mass is 19.3. The first-order chi connectivity index (χ1) is 8.02. The number of carbonyl (C=O) groups excluding carboxylic acids is 1. The fourth-order valence-corrected chi connectivity index (χ4v) is 1.83. The molecule has 1 unspecified atom stereocenters. The molecule has 0 aromatic heterocycles. The summed E-state index contributed by atoms with van der Waals surface area (Å²) in [6, 6.07) is 0. The number of amides is 1. The summed E-state index contributed by atoms with van der Waals surface area (Å²) < 4.78 is 28.1.